The van der Waals surface area contributed by atoms with E-state index in [2.05, 4.69) is 11.9 Å². The van der Waals surface area contributed by atoms with Crippen LogP contribution in [0.1, 0.15) is 31.6 Å². The van der Waals surface area contributed by atoms with Crippen molar-refractivity contribution in [2.24, 2.45) is 11.8 Å². The van der Waals surface area contributed by atoms with Crippen LogP contribution >= 0.6 is 22.7 Å². The van der Waals surface area contributed by atoms with Crippen LogP contribution < -0.4 is 10.1 Å². The maximum atomic E-state index is 14.3. The Labute approximate surface area is 284 Å². The van der Waals surface area contributed by atoms with Crippen molar-refractivity contribution in [1.29, 1.82) is 0 Å². The molecule has 3 N–H and O–H groups in total. The van der Waals surface area contributed by atoms with E-state index in [9.17, 15) is 29.5 Å². The number of thiophene rings is 2. The second kappa shape index (κ2) is 13.5. The predicted molar refractivity (Wildman–Crippen MR) is 179 cm³/mol. The molecule has 4 aromatic rings. The first-order chi connectivity index (χ1) is 23.0. The lowest BCUT2D eigenvalue weighted by Crippen LogP contribution is -2.58. The molecule has 250 valence electrons. The lowest BCUT2D eigenvalue weighted by atomic mass is 10.0. The molecule has 14 heteroatoms. The first-order valence-corrected chi connectivity index (χ1v) is 17.3. The summed E-state index contributed by atoms with van der Waals surface area (Å²) in [6, 6.07) is 12.2. The van der Waals surface area contributed by atoms with Gasteiger partial charge in [0.05, 0.1) is 28.9 Å². The van der Waals surface area contributed by atoms with E-state index in [1.807, 2.05) is 41.1 Å². The number of hydrogen-bond donors (Lipinski definition) is 3. The van der Waals surface area contributed by atoms with Gasteiger partial charge in [-0.05, 0) is 47.4 Å². The number of carbonyl (C=O) groups excluding carboxylic acids is 3. The Morgan fingerprint density at radius 3 is 2.42 bits per heavy atom. The van der Waals surface area contributed by atoms with E-state index in [1.54, 1.807) is 32.0 Å². The highest BCUT2D eigenvalue weighted by molar-refractivity contribution is 7.13. The van der Waals surface area contributed by atoms with E-state index in [-0.39, 0.29) is 31.7 Å². The number of para-hydroxylation sites is 2. The summed E-state index contributed by atoms with van der Waals surface area (Å²) in [5.74, 6) is -3.99. The number of carboxylic acid groups (broad SMARTS) is 1. The number of aliphatic carboxylic acids is 1. The maximum absolute atomic E-state index is 14.3. The van der Waals surface area contributed by atoms with Crippen molar-refractivity contribution in [2.75, 3.05) is 6.54 Å². The SMILES string of the molecule is C=C[C@@H]1CC1(NC(=O)[C@@H]1C[C@@H](Oc2nc3ccccc3nc2-c2cccs2)CN1C(=O)C(C(C)C)N(O)C(=O)Cc1cccs1)C(=O)O. The Balaban J connectivity index is 1.31. The van der Waals surface area contributed by atoms with Gasteiger partial charge in [-0.25, -0.2) is 19.8 Å². The third-order valence-corrected chi connectivity index (χ3v) is 10.5. The van der Waals surface area contributed by atoms with Crippen LogP contribution in [-0.4, -0.2) is 84.2 Å². The fourth-order valence-electron chi connectivity index (χ4n) is 6.13. The molecule has 4 heterocycles. The van der Waals surface area contributed by atoms with E-state index in [0.29, 0.717) is 21.8 Å². The summed E-state index contributed by atoms with van der Waals surface area (Å²) in [7, 11) is 0. The molecular formula is C34H35N5O7S2. The minimum absolute atomic E-state index is 0.00377. The number of rotatable bonds is 12. The highest BCUT2D eigenvalue weighted by atomic mass is 32.1. The van der Waals surface area contributed by atoms with Gasteiger partial charge in [0.2, 0.25) is 17.7 Å². The zero-order chi connectivity index (χ0) is 34.2. The fraction of sp³-hybridized carbons (Fsp3) is 0.353. The zero-order valence-corrected chi connectivity index (χ0v) is 27.9. The van der Waals surface area contributed by atoms with Crippen molar-refractivity contribution < 1.29 is 34.2 Å². The third kappa shape index (κ3) is 6.42. The van der Waals surface area contributed by atoms with Gasteiger partial charge in [-0.3, -0.25) is 19.6 Å². The number of nitrogens with one attached hydrogen (secondary N) is 1. The van der Waals surface area contributed by atoms with Gasteiger partial charge in [-0.2, -0.15) is 0 Å². The van der Waals surface area contributed by atoms with Crippen molar-refractivity contribution in [1.82, 2.24) is 25.2 Å². The standard InChI is InChI=1S/C34H35N5O7S2/c1-4-20-17-34(20,33(43)44)37-30(41)25-15-21(46-31-28(26-12-8-14-48-26)35-23-10-5-6-11-24(23)36-31)18-38(25)32(42)29(19(2)3)39(45)27(40)16-22-9-7-13-47-22/h4-14,19-21,25,29,45H,1,15-18H2,2-3H3,(H,37,41)(H,43,44)/t20-,21-,25+,29?,34?/m1/s1. The molecule has 1 aromatic carbocycles. The summed E-state index contributed by atoms with van der Waals surface area (Å²) < 4.78 is 6.44. The highest BCUT2D eigenvalue weighted by Crippen LogP contribution is 2.45. The van der Waals surface area contributed by atoms with E-state index in [4.69, 9.17) is 14.7 Å². The molecule has 3 aromatic heterocycles. The minimum atomic E-state index is -1.53. The molecule has 1 saturated heterocycles. The number of hydroxylamine groups is 2. The topological polar surface area (TPSA) is 162 Å². The quantitative estimate of drug-likeness (QED) is 0.111. The molecule has 12 nitrogen and oxygen atoms in total. The van der Waals surface area contributed by atoms with Crippen molar-refractivity contribution in [2.45, 2.75) is 56.8 Å². The highest BCUT2D eigenvalue weighted by Gasteiger charge is 2.61. The number of carboxylic acids is 1. The molecule has 48 heavy (non-hydrogen) atoms. The number of amides is 3. The molecule has 0 radical (unpaired) electrons. The van der Waals surface area contributed by atoms with E-state index in [0.717, 1.165) is 9.75 Å². The molecular weight excluding hydrogens is 655 g/mol. The summed E-state index contributed by atoms with van der Waals surface area (Å²) in [6.07, 6.45) is 0.807. The van der Waals surface area contributed by atoms with Gasteiger partial charge in [0.25, 0.3) is 5.91 Å². The zero-order valence-electron chi connectivity index (χ0n) is 26.3. The molecule has 2 aliphatic rings. The van der Waals surface area contributed by atoms with Gasteiger partial charge in [0.1, 0.15) is 29.4 Å². The van der Waals surface area contributed by atoms with E-state index >= 15 is 0 Å². The molecule has 0 spiro atoms. The Morgan fingerprint density at radius 2 is 1.81 bits per heavy atom. The molecule has 2 fully saturated rings. The predicted octanol–water partition coefficient (Wildman–Crippen LogP) is 4.40. The number of ether oxygens (including phenoxy) is 1. The summed E-state index contributed by atoms with van der Waals surface area (Å²) in [5, 5.41) is 27.9. The Morgan fingerprint density at radius 1 is 1.10 bits per heavy atom. The lowest BCUT2D eigenvalue weighted by molar-refractivity contribution is -0.187. The van der Waals surface area contributed by atoms with Crippen molar-refractivity contribution in [3.8, 4) is 16.5 Å². The molecule has 5 atom stereocenters. The van der Waals surface area contributed by atoms with Crippen molar-refractivity contribution >= 4 is 57.4 Å². The number of nitrogens with zero attached hydrogens (tertiary/aromatic N) is 4. The van der Waals surface area contributed by atoms with Crippen molar-refractivity contribution in [3.63, 3.8) is 0 Å². The number of carbonyl (C=O) groups is 4. The van der Waals surface area contributed by atoms with Gasteiger partial charge < -0.3 is 20.1 Å². The van der Waals surface area contributed by atoms with Crippen LogP contribution in [0.3, 0.4) is 0 Å². The second-order valence-corrected chi connectivity index (χ2v) is 14.3. The Bertz CT molecular complexity index is 1850. The largest absolute Gasteiger partial charge is 0.479 e. The Kier molecular flexibility index (Phi) is 9.32. The molecule has 1 aliphatic carbocycles. The van der Waals surface area contributed by atoms with Gasteiger partial charge >= 0.3 is 5.97 Å². The van der Waals surface area contributed by atoms with Crippen LogP contribution in [0.5, 0.6) is 5.88 Å². The molecule has 3 amide bonds. The number of likely N-dealkylation sites (tertiary alicyclic amines) is 1. The van der Waals surface area contributed by atoms with E-state index < -0.39 is 59.3 Å². The van der Waals surface area contributed by atoms with Crippen LogP contribution in [0.15, 0.2) is 71.9 Å². The molecule has 1 saturated carbocycles. The minimum Gasteiger partial charge on any atom is -0.479 e. The number of fused-ring (bicyclic) bond motifs is 1. The van der Waals surface area contributed by atoms with Crippen molar-refractivity contribution in [3.05, 3.63) is 76.8 Å². The first-order valence-electron chi connectivity index (χ1n) is 15.5. The third-order valence-electron chi connectivity index (χ3n) is 8.76. The van der Waals surface area contributed by atoms with Gasteiger partial charge in [0.15, 0.2) is 0 Å². The van der Waals surface area contributed by atoms with Gasteiger partial charge in [-0.1, -0.05) is 44.2 Å². The van der Waals surface area contributed by atoms with Gasteiger partial charge in [-0.15, -0.1) is 29.3 Å². The molecule has 2 unspecified atom stereocenters. The molecule has 6 rings (SSSR count). The van der Waals surface area contributed by atoms with Crippen LogP contribution in [0, 0.1) is 11.8 Å². The fourth-order valence-corrected chi connectivity index (χ4v) is 7.53. The molecule has 1 aliphatic heterocycles. The summed E-state index contributed by atoms with van der Waals surface area (Å²) >= 11 is 2.82. The van der Waals surface area contributed by atoms with Crippen LogP contribution in [0.4, 0.5) is 0 Å². The smallest absolute Gasteiger partial charge is 0.330 e. The second-order valence-electron chi connectivity index (χ2n) is 12.3. The van der Waals surface area contributed by atoms with Crippen LogP contribution in [-0.2, 0) is 25.6 Å². The normalized spacial score (nSPS) is 22.3. The average molecular weight is 690 g/mol. The number of benzene rings is 1. The Hall–Kier alpha value is -4.66. The van der Waals surface area contributed by atoms with Crippen LogP contribution in [0.25, 0.3) is 21.6 Å². The first kappa shape index (κ1) is 33.2. The monoisotopic (exact) mass is 689 g/mol. The van der Waals surface area contributed by atoms with E-state index in [1.165, 1.54) is 33.6 Å². The molecule has 0 bridgehead atoms. The maximum Gasteiger partial charge on any atom is 0.330 e. The average Bonchev–Trinajstić information content (AvgIpc) is 3.54. The lowest BCUT2D eigenvalue weighted by Gasteiger charge is -2.34. The summed E-state index contributed by atoms with van der Waals surface area (Å²) in [5.41, 5.74) is 0.247. The summed E-state index contributed by atoms with van der Waals surface area (Å²) in [6.45, 7) is 6.99. The van der Waals surface area contributed by atoms with Gasteiger partial charge in [0, 0.05) is 17.2 Å². The number of aromatic nitrogens is 2. The number of hydrogen-bond acceptors (Lipinski definition) is 10. The summed E-state index contributed by atoms with van der Waals surface area (Å²) in [4.78, 5) is 65.9. The van der Waals surface area contributed by atoms with Crippen LogP contribution in [0.2, 0.25) is 0 Å².